The van der Waals surface area contributed by atoms with Gasteiger partial charge < -0.3 is 14.7 Å². The van der Waals surface area contributed by atoms with Crippen molar-refractivity contribution in [3.8, 4) is 0 Å². The van der Waals surface area contributed by atoms with Gasteiger partial charge in [0.25, 0.3) is 5.91 Å². The predicted octanol–water partition coefficient (Wildman–Crippen LogP) is 1.30. The zero-order valence-electron chi connectivity index (χ0n) is 16.0. The van der Waals surface area contributed by atoms with E-state index in [-0.39, 0.29) is 18.4 Å². The number of aromatic nitrogens is 3. The van der Waals surface area contributed by atoms with E-state index < -0.39 is 0 Å². The highest BCUT2D eigenvalue weighted by atomic mass is 16.5. The average Bonchev–Trinajstić information content (AvgIpc) is 3.23. The molecule has 0 bridgehead atoms. The molecule has 2 amide bonds. The molecule has 2 N–H and O–H groups in total. The molecule has 0 radical (unpaired) electrons. The number of hydrogen-bond acceptors (Lipinski definition) is 6. The van der Waals surface area contributed by atoms with Gasteiger partial charge in [0.05, 0.1) is 6.54 Å². The number of carbonyl (C=O) groups excluding carboxylic acids is 2. The lowest BCUT2D eigenvalue weighted by Crippen LogP contribution is -2.50. The van der Waals surface area contributed by atoms with E-state index in [1.54, 1.807) is 17.9 Å². The lowest BCUT2D eigenvalue weighted by molar-refractivity contribution is -0.117. The van der Waals surface area contributed by atoms with Crippen LogP contribution in [0.4, 0.5) is 5.82 Å². The number of aryl methyl sites for hydroxylation is 1. The monoisotopic (exact) mass is 374 g/mol. The van der Waals surface area contributed by atoms with Gasteiger partial charge in [0.2, 0.25) is 5.91 Å². The fourth-order valence-electron chi connectivity index (χ4n) is 3.10. The number of amides is 2. The molecule has 0 aromatic carbocycles. The van der Waals surface area contributed by atoms with E-state index in [0.29, 0.717) is 49.4 Å². The fraction of sp³-hybridized carbons (Fsp3) is 0.556. The van der Waals surface area contributed by atoms with Crippen LogP contribution in [0.5, 0.6) is 0 Å². The van der Waals surface area contributed by atoms with Gasteiger partial charge in [0.15, 0.2) is 5.82 Å². The molecule has 0 atom stereocenters. The van der Waals surface area contributed by atoms with E-state index in [1.807, 2.05) is 11.0 Å². The molecule has 2 aromatic heterocycles. The number of aromatic amines is 1. The standard InChI is InChI=1S/C18H26N6O3/c1-12(2)8-14-10-15(21-20-14)18(26)24-6-4-23(5-7-24)11-17(25)19-16-9-13(3)27-22-16/h9-10,12H,4-8,11H2,1-3H3,(H,20,21)(H,19,22,25). The summed E-state index contributed by atoms with van der Waals surface area (Å²) in [6.07, 6.45) is 0.869. The minimum absolute atomic E-state index is 0.0663. The van der Waals surface area contributed by atoms with Crippen LogP contribution in [0.1, 0.15) is 35.8 Å². The van der Waals surface area contributed by atoms with Crippen LogP contribution in [0.3, 0.4) is 0 Å². The first-order valence-corrected chi connectivity index (χ1v) is 9.20. The first kappa shape index (κ1) is 19.1. The van der Waals surface area contributed by atoms with Gasteiger partial charge in [-0.2, -0.15) is 5.10 Å². The van der Waals surface area contributed by atoms with Gasteiger partial charge >= 0.3 is 0 Å². The smallest absolute Gasteiger partial charge is 0.274 e. The van der Waals surface area contributed by atoms with Gasteiger partial charge in [0.1, 0.15) is 11.5 Å². The highest BCUT2D eigenvalue weighted by Gasteiger charge is 2.25. The Morgan fingerprint density at radius 1 is 1.26 bits per heavy atom. The van der Waals surface area contributed by atoms with Crippen LogP contribution in [0.15, 0.2) is 16.7 Å². The molecule has 3 rings (SSSR count). The molecule has 2 aromatic rings. The zero-order chi connectivity index (χ0) is 19.4. The predicted molar refractivity (Wildman–Crippen MR) is 99.3 cm³/mol. The van der Waals surface area contributed by atoms with Crippen molar-refractivity contribution >= 4 is 17.6 Å². The number of hydrogen-bond donors (Lipinski definition) is 2. The Bertz CT molecular complexity index is 789. The number of piperazine rings is 1. The summed E-state index contributed by atoms with van der Waals surface area (Å²) in [5, 5.41) is 13.6. The highest BCUT2D eigenvalue weighted by molar-refractivity contribution is 5.93. The first-order chi connectivity index (χ1) is 12.9. The molecule has 27 heavy (non-hydrogen) atoms. The van der Waals surface area contributed by atoms with Crippen LogP contribution in [0.25, 0.3) is 0 Å². The molecule has 0 saturated carbocycles. The maximum atomic E-state index is 12.6. The minimum Gasteiger partial charge on any atom is -0.360 e. The van der Waals surface area contributed by atoms with Gasteiger partial charge in [-0.3, -0.25) is 19.6 Å². The summed E-state index contributed by atoms with van der Waals surface area (Å²) in [4.78, 5) is 28.5. The second-order valence-electron chi connectivity index (χ2n) is 7.32. The Kier molecular flexibility index (Phi) is 5.90. The Morgan fingerprint density at radius 2 is 2.00 bits per heavy atom. The molecule has 0 spiro atoms. The van der Waals surface area contributed by atoms with Crippen LogP contribution >= 0.6 is 0 Å². The molecule has 9 heteroatoms. The molecule has 1 saturated heterocycles. The number of H-pyrrole nitrogens is 1. The SMILES string of the molecule is Cc1cc(NC(=O)CN2CCN(C(=O)c3cc(CC(C)C)[nH]n3)CC2)no1. The molecule has 0 unspecified atom stereocenters. The van der Waals surface area contributed by atoms with Crippen molar-refractivity contribution in [3.63, 3.8) is 0 Å². The maximum absolute atomic E-state index is 12.6. The van der Waals surface area contributed by atoms with E-state index in [2.05, 4.69) is 34.5 Å². The molecule has 1 aliphatic rings. The van der Waals surface area contributed by atoms with Crippen LogP contribution in [-0.2, 0) is 11.2 Å². The van der Waals surface area contributed by atoms with E-state index in [1.165, 1.54) is 0 Å². The van der Waals surface area contributed by atoms with Gasteiger partial charge in [-0.15, -0.1) is 0 Å². The first-order valence-electron chi connectivity index (χ1n) is 9.20. The number of nitrogens with zero attached hydrogens (tertiary/aromatic N) is 4. The summed E-state index contributed by atoms with van der Waals surface area (Å²) < 4.78 is 4.93. The second kappa shape index (κ2) is 8.34. The summed E-state index contributed by atoms with van der Waals surface area (Å²) >= 11 is 0. The Balaban J connectivity index is 1.46. The third-order valence-corrected chi connectivity index (χ3v) is 4.40. The highest BCUT2D eigenvalue weighted by Crippen LogP contribution is 2.11. The quantitative estimate of drug-likeness (QED) is 0.789. The topological polar surface area (TPSA) is 107 Å². The molecular formula is C18H26N6O3. The summed E-state index contributed by atoms with van der Waals surface area (Å²) in [5.41, 5.74) is 1.44. The molecule has 0 aliphatic carbocycles. The molecule has 9 nitrogen and oxygen atoms in total. The van der Waals surface area contributed by atoms with Gasteiger partial charge in [0, 0.05) is 37.9 Å². The number of nitrogens with one attached hydrogen (secondary N) is 2. The summed E-state index contributed by atoms with van der Waals surface area (Å²) in [6.45, 7) is 8.70. The van der Waals surface area contributed by atoms with Crippen LogP contribution in [-0.4, -0.2) is 69.7 Å². The van der Waals surface area contributed by atoms with Crippen molar-refractivity contribution in [1.29, 1.82) is 0 Å². The largest absolute Gasteiger partial charge is 0.360 e. The van der Waals surface area contributed by atoms with E-state index >= 15 is 0 Å². The third-order valence-electron chi connectivity index (χ3n) is 4.40. The summed E-state index contributed by atoms with van der Waals surface area (Å²) in [6, 6.07) is 3.51. The Morgan fingerprint density at radius 3 is 2.63 bits per heavy atom. The van der Waals surface area contributed by atoms with Crippen molar-refractivity contribution in [2.45, 2.75) is 27.2 Å². The lowest BCUT2D eigenvalue weighted by atomic mass is 10.1. The number of anilines is 1. The van der Waals surface area contributed by atoms with Crippen LogP contribution in [0.2, 0.25) is 0 Å². The van der Waals surface area contributed by atoms with Gasteiger partial charge in [-0.25, -0.2) is 0 Å². The number of rotatable bonds is 6. The zero-order valence-corrected chi connectivity index (χ0v) is 16.0. The molecular weight excluding hydrogens is 348 g/mol. The van der Waals surface area contributed by atoms with Crippen molar-refractivity contribution in [1.82, 2.24) is 25.2 Å². The minimum atomic E-state index is -0.145. The summed E-state index contributed by atoms with van der Waals surface area (Å²) in [7, 11) is 0. The normalized spacial score (nSPS) is 15.3. The Labute approximate surface area is 158 Å². The van der Waals surface area contributed by atoms with Crippen molar-refractivity contribution in [2.24, 2.45) is 5.92 Å². The molecule has 146 valence electrons. The van der Waals surface area contributed by atoms with E-state index in [9.17, 15) is 9.59 Å². The lowest BCUT2D eigenvalue weighted by Gasteiger charge is -2.33. The van der Waals surface area contributed by atoms with Crippen LogP contribution in [0, 0.1) is 12.8 Å². The maximum Gasteiger partial charge on any atom is 0.274 e. The second-order valence-corrected chi connectivity index (χ2v) is 7.32. The molecule has 3 heterocycles. The van der Waals surface area contributed by atoms with E-state index in [4.69, 9.17) is 4.52 Å². The van der Waals surface area contributed by atoms with Crippen molar-refractivity contribution in [2.75, 3.05) is 38.0 Å². The van der Waals surface area contributed by atoms with Crippen LogP contribution < -0.4 is 5.32 Å². The van der Waals surface area contributed by atoms with Gasteiger partial charge in [-0.05, 0) is 25.3 Å². The third kappa shape index (κ3) is 5.16. The average molecular weight is 374 g/mol. The van der Waals surface area contributed by atoms with Crippen molar-refractivity contribution < 1.29 is 14.1 Å². The number of carbonyl (C=O) groups is 2. The van der Waals surface area contributed by atoms with E-state index in [0.717, 1.165) is 12.1 Å². The molecule has 1 fully saturated rings. The molecule has 1 aliphatic heterocycles. The Hall–Kier alpha value is -2.68. The van der Waals surface area contributed by atoms with Gasteiger partial charge in [-0.1, -0.05) is 19.0 Å². The summed E-state index contributed by atoms with van der Waals surface area (Å²) in [5.74, 6) is 1.36. The van der Waals surface area contributed by atoms with Crippen molar-refractivity contribution in [3.05, 3.63) is 29.3 Å². The fourth-order valence-corrected chi connectivity index (χ4v) is 3.10.